The first-order valence-corrected chi connectivity index (χ1v) is 5.47. The molecule has 20 heavy (non-hydrogen) atoms. The Labute approximate surface area is 115 Å². The zero-order valence-electron chi connectivity index (χ0n) is 11.0. The number of rotatable bonds is 4. The third-order valence-corrected chi connectivity index (χ3v) is 2.38. The number of esters is 1. The molecule has 0 aliphatic rings. The van der Waals surface area contributed by atoms with Crippen LogP contribution in [0.4, 0.5) is 4.79 Å². The summed E-state index contributed by atoms with van der Waals surface area (Å²) in [6.07, 6.45) is 0. The number of hydrogen-bond acceptors (Lipinski definition) is 5. The van der Waals surface area contributed by atoms with Crippen LogP contribution in [0, 0.1) is 11.3 Å². The fourth-order valence-electron chi connectivity index (χ4n) is 1.47. The molecule has 0 aliphatic heterocycles. The highest BCUT2D eigenvalue weighted by Crippen LogP contribution is 2.20. The Morgan fingerprint density at radius 2 is 1.85 bits per heavy atom. The van der Waals surface area contributed by atoms with Crippen molar-refractivity contribution in [3.8, 4) is 11.8 Å². The molecule has 0 radical (unpaired) electrons. The largest absolute Gasteiger partial charge is 0.497 e. The van der Waals surface area contributed by atoms with Crippen LogP contribution in [0.1, 0.15) is 5.56 Å². The molecule has 7 nitrogen and oxygen atoms in total. The molecule has 0 atom stereocenters. The number of carbonyl (C=O) groups excluding carboxylic acids is 2. The van der Waals surface area contributed by atoms with Gasteiger partial charge in [-0.15, -0.1) is 0 Å². The van der Waals surface area contributed by atoms with Gasteiger partial charge in [0.05, 0.1) is 19.9 Å². The van der Waals surface area contributed by atoms with Gasteiger partial charge >= 0.3 is 12.0 Å². The van der Waals surface area contributed by atoms with Crippen molar-refractivity contribution in [3.63, 3.8) is 0 Å². The molecule has 0 bridgehead atoms. The fourth-order valence-corrected chi connectivity index (χ4v) is 1.47. The highest BCUT2D eigenvalue weighted by atomic mass is 16.5. The van der Waals surface area contributed by atoms with E-state index in [1.54, 1.807) is 30.3 Å². The molecular formula is C13H13N3O4. The maximum atomic E-state index is 11.5. The number of urea groups is 1. The SMILES string of the molecule is COC(=O)/C(C#N)=C(/NC(N)=O)c1ccc(OC)cc1. The van der Waals surface area contributed by atoms with E-state index in [1.165, 1.54) is 7.11 Å². The van der Waals surface area contributed by atoms with E-state index >= 15 is 0 Å². The molecule has 1 rings (SSSR count). The molecule has 0 heterocycles. The summed E-state index contributed by atoms with van der Waals surface area (Å²) in [7, 11) is 2.64. The molecular weight excluding hydrogens is 262 g/mol. The highest BCUT2D eigenvalue weighted by Gasteiger charge is 2.18. The number of carbonyl (C=O) groups is 2. The van der Waals surface area contributed by atoms with E-state index in [1.807, 2.05) is 0 Å². The average Bonchev–Trinajstić information content (AvgIpc) is 2.46. The zero-order chi connectivity index (χ0) is 15.1. The number of amides is 2. The van der Waals surface area contributed by atoms with Crippen LogP contribution >= 0.6 is 0 Å². The van der Waals surface area contributed by atoms with Crippen molar-refractivity contribution in [2.75, 3.05) is 14.2 Å². The second-order valence-corrected chi connectivity index (χ2v) is 3.57. The third kappa shape index (κ3) is 3.49. The first-order valence-electron chi connectivity index (χ1n) is 5.47. The fraction of sp³-hybridized carbons (Fsp3) is 0.154. The molecule has 0 saturated heterocycles. The zero-order valence-corrected chi connectivity index (χ0v) is 11.0. The maximum absolute atomic E-state index is 11.5. The van der Waals surface area contributed by atoms with Crippen molar-refractivity contribution in [1.29, 1.82) is 5.26 Å². The Hall–Kier alpha value is -3.01. The molecule has 1 aromatic carbocycles. The van der Waals surface area contributed by atoms with Crippen molar-refractivity contribution >= 4 is 17.7 Å². The third-order valence-electron chi connectivity index (χ3n) is 2.38. The van der Waals surface area contributed by atoms with Gasteiger partial charge < -0.3 is 20.5 Å². The van der Waals surface area contributed by atoms with Gasteiger partial charge in [-0.05, 0) is 29.8 Å². The summed E-state index contributed by atoms with van der Waals surface area (Å²) in [6, 6.07) is 7.17. The Kier molecular flexibility index (Phi) is 5.12. The predicted molar refractivity (Wildman–Crippen MR) is 70.3 cm³/mol. The Morgan fingerprint density at radius 3 is 2.25 bits per heavy atom. The van der Waals surface area contributed by atoms with Gasteiger partial charge in [0.1, 0.15) is 11.8 Å². The minimum atomic E-state index is -0.896. The van der Waals surface area contributed by atoms with Gasteiger partial charge in [0.25, 0.3) is 0 Å². The standard InChI is InChI=1S/C13H13N3O4/c1-19-9-5-3-8(4-6-9)11(16-13(15)18)10(7-14)12(17)20-2/h3-6H,1-2H3,(H3,15,16,18)/b11-10+. The van der Waals surface area contributed by atoms with Crippen LogP contribution in [-0.4, -0.2) is 26.2 Å². The van der Waals surface area contributed by atoms with E-state index < -0.39 is 12.0 Å². The monoisotopic (exact) mass is 275 g/mol. The van der Waals surface area contributed by atoms with Crippen molar-refractivity contribution in [2.24, 2.45) is 5.73 Å². The lowest BCUT2D eigenvalue weighted by Crippen LogP contribution is -2.29. The lowest BCUT2D eigenvalue weighted by Gasteiger charge is -2.10. The predicted octanol–water partition coefficient (Wildman–Crippen LogP) is 0.771. The van der Waals surface area contributed by atoms with Gasteiger partial charge in [-0.2, -0.15) is 5.26 Å². The molecule has 0 saturated carbocycles. The number of methoxy groups -OCH3 is 2. The van der Waals surface area contributed by atoms with Crippen molar-refractivity contribution in [3.05, 3.63) is 35.4 Å². The van der Waals surface area contributed by atoms with Crippen LogP contribution in [0.25, 0.3) is 5.70 Å². The quantitative estimate of drug-likeness (QED) is 0.478. The van der Waals surface area contributed by atoms with E-state index in [4.69, 9.17) is 15.7 Å². The molecule has 3 N–H and O–H groups in total. The first kappa shape index (κ1) is 15.0. The van der Waals surface area contributed by atoms with Crippen molar-refractivity contribution < 1.29 is 19.1 Å². The number of nitrogens with one attached hydrogen (secondary N) is 1. The van der Waals surface area contributed by atoms with Gasteiger partial charge in [0.15, 0.2) is 5.57 Å². The second kappa shape index (κ2) is 6.80. The Balaban J connectivity index is 3.37. The van der Waals surface area contributed by atoms with Crippen LogP contribution in [0.3, 0.4) is 0 Å². The van der Waals surface area contributed by atoms with Crippen LogP contribution < -0.4 is 15.8 Å². The summed E-state index contributed by atoms with van der Waals surface area (Å²) < 4.78 is 9.50. The molecule has 7 heteroatoms. The lowest BCUT2D eigenvalue weighted by atomic mass is 10.1. The normalized spacial score (nSPS) is 10.8. The molecule has 104 valence electrons. The van der Waals surface area contributed by atoms with E-state index in [0.29, 0.717) is 11.3 Å². The lowest BCUT2D eigenvalue weighted by molar-refractivity contribution is -0.135. The average molecular weight is 275 g/mol. The van der Waals surface area contributed by atoms with Crippen LogP contribution in [0.15, 0.2) is 29.8 Å². The number of hydrogen-bond donors (Lipinski definition) is 2. The minimum absolute atomic E-state index is 0.0190. The molecule has 0 aromatic heterocycles. The van der Waals surface area contributed by atoms with Gasteiger partial charge in [-0.1, -0.05) is 0 Å². The molecule has 0 aliphatic carbocycles. The topological polar surface area (TPSA) is 114 Å². The van der Waals surface area contributed by atoms with E-state index in [2.05, 4.69) is 10.1 Å². The van der Waals surface area contributed by atoms with Gasteiger partial charge in [-0.25, -0.2) is 9.59 Å². The van der Waals surface area contributed by atoms with E-state index in [-0.39, 0.29) is 11.3 Å². The Morgan fingerprint density at radius 1 is 1.25 bits per heavy atom. The summed E-state index contributed by atoms with van der Waals surface area (Å²) >= 11 is 0. The summed E-state index contributed by atoms with van der Waals surface area (Å²) in [6.45, 7) is 0. The summed E-state index contributed by atoms with van der Waals surface area (Å²) in [5.74, 6) is -0.282. The number of nitriles is 1. The van der Waals surface area contributed by atoms with Gasteiger partial charge in [0.2, 0.25) is 0 Å². The number of primary amides is 1. The summed E-state index contributed by atoms with van der Waals surface area (Å²) in [5.41, 5.74) is 5.10. The molecule has 1 aromatic rings. The van der Waals surface area contributed by atoms with Crippen LogP contribution in [-0.2, 0) is 9.53 Å². The van der Waals surface area contributed by atoms with Crippen molar-refractivity contribution in [2.45, 2.75) is 0 Å². The molecule has 0 spiro atoms. The van der Waals surface area contributed by atoms with E-state index in [0.717, 1.165) is 7.11 Å². The van der Waals surface area contributed by atoms with Crippen molar-refractivity contribution in [1.82, 2.24) is 5.32 Å². The van der Waals surface area contributed by atoms with Gasteiger partial charge in [0, 0.05) is 0 Å². The van der Waals surface area contributed by atoms with Gasteiger partial charge in [-0.3, -0.25) is 0 Å². The maximum Gasteiger partial charge on any atom is 0.350 e. The summed E-state index contributed by atoms with van der Waals surface area (Å²) in [4.78, 5) is 22.6. The molecule has 2 amide bonds. The molecule has 0 fully saturated rings. The summed E-state index contributed by atoms with van der Waals surface area (Å²) in [5, 5.41) is 11.3. The number of ether oxygens (including phenoxy) is 2. The molecule has 0 unspecified atom stereocenters. The smallest absolute Gasteiger partial charge is 0.350 e. The first-order chi connectivity index (χ1) is 9.53. The van der Waals surface area contributed by atoms with E-state index in [9.17, 15) is 9.59 Å². The highest BCUT2D eigenvalue weighted by molar-refractivity contribution is 6.03. The minimum Gasteiger partial charge on any atom is -0.497 e. The number of nitrogens with zero attached hydrogens (tertiary/aromatic N) is 1. The van der Waals surface area contributed by atoms with Crippen LogP contribution in [0.5, 0.6) is 5.75 Å². The number of nitrogens with two attached hydrogens (primary N) is 1. The second-order valence-electron chi connectivity index (χ2n) is 3.57. The van der Waals surface area contributed by atoms with Crippen LogP contribution in [0.2, 0.25) is 0 Å². The Bertz CT molecular complexity index is 585. The number of benzene rings is 1.